The summed E-state index contributed by atoms with van der Waals surface area (Å²) in [6.07, 6.45) is 6.24. The summed E-state index contributed by atoms with van der Waals surface area (Å²) < 4.78 is 0. The first-order valence-corrected chi connectivity index (χ1v) is 3.78. The highest BCUT2D eigenvalue weighted by Gasteiger charge is 1.85. The molecular formula is C7H17NO. The van der Waals surface area contributed by atoms with Gasteiger partial charge in [0.25, 0.3) is 0 Å². The van der Waals surface area contributed by atoms with Crippen molar-refractivity contribution in [1.29, 1.82) is 0 Å². The molecule has 0 heterocycles. The number of rotatable bonds is 6. The topological polar surface area (TPSA) is 32.3 Å². The third-order valence-corrected chi connectivity index (χ3v) is 1.39. The van der Waals surface area contributed by atoms with Crippen LogP contribution in [0.5, 0.6) is 0 Å². The molecule has 0 unspecified atom stereocenters. The van der Waals surface area contributed by atoms with Crippen LogP contribution in [0.1, 0.15) is 39.0 Å². The van der Waals surface area contributed by atoms with E-state index in [1.807, 2.05) is 0 Å². The summed E-state index contributed by atoms with van der Waals surface area (Å²) in [7, 11) is 0. The Morgan fingerprint density at radius 2 is 1.78 bits per heavy atom. The van der Waals surface area contributed by atoms with Gasteiger partial charge in [0.15, 0.2) is 0 Å². The zero-order valence-electron chi connectivity index (χ0n) is 6.19. The number of hydroxylamine groups is 1. The van der Waals surface area contributed by atoms with Crippen LogP contribution in [-0.4, -0.2) is 11.8 Å². The summed E-state index contributed by atoms with van der Waals surface area (Å²) >= 11 is 0. The molecule has 0 saturated carbocycles. The van der Waals surface area contributed by atoms with Gasteiger partial charge >= 0.3 is 0 Å². The highest BCUT2D eigenvalue weighted by Crippen LogP contribution is 2.00. The quantitative estimate of drug-likeness (QED) is 0.426. The summed E-state index contributed by atoms with van der Waals surface area (Å²) in [4.78, 5) is 0. The highest BCUT2D eigenvalue weighted by molar-refractivity contribution is 4.41. The molecule has 0 aliphatic heterocycles. The summed E-state index contributed by atoms with van der Waals surface area (Å²) in [6, 6.07) is 0. The van der Waals surface area contributed by atoms with Crippen LogP contribution >= 0.6 is 0 Å². The van der Waals surface area contributed by atoms with Crippen molar-refractivity contribution in [3.05, 3.63) is 0 Å². The van der Waals surface area contributed by atoms with E-state index >= 15 is 0 Å². The molecule has 0 fully saturated rings. The van der Waals surface area contributed by atoms with Gasteiger partial charge in [-0.15, -0.1) is 0 Å². The van der Waals surface area contributed by atoms with Crippen molar-refractivity contribution in [2.45, 2.75) is 39.0 Å². The van der Waals surface area contributed by atoms with Gasteiger partial charge in [0.2, 0.25) is 0 Å². The van der Waals surface area contributed by atoms with Gasteiger partial charge in [-0.05, 0) is 6.42 Å². The van der Waals surface area contributed by atoms with Crippen molar-refractivity contribution in [2.75, 3.05) is 6.54 Å². The molecule has 0 rings (SSSR count). The van der Waals surface area contributed by atoms with Crippen LogP contribution in [0.25, 0.3) is 0 Å². The fraction of sp³-hybridized carbons (Fsp3) is 1.00. The summed E-state index contributed by atoms with van der Waals surface area (Å²) in [5.41, 5.74) is 2.14. The van der Waals surface area contributed by atoms with Crippen LogP contribution in [0.3, 0.4) is 0 Å². The van der Waals surface area contributed by atoms with Crippen molar-refractivity contribution < 1.29 is 5.21 Å². The Kier molecular flexibility index (Phi) is 7.85. The zero-order chi connectivity index (χ0) is 6.95. The van der Waals surface area contributed by atoms with Crippen LogP contribution in [0.2, 0.25) is 0 Å². The fourth-order valence-electron chi connectivity index (χ4n) is 0.808. The minimum absolute atomic E-state index is 0.740. The molecule has 0 aliphatic rings. The number of nitrogens with one attached hydrogen (secondary N) is 1. The highest BCUT2D eigenvalue weighted by atomic mass is 16.5. The molecule has 0 aromatic heterocycles. The zero-order valence-corrected chi connectivity index (χ0v) is 6.19. The lowest BCUT2D eigenvalue weighted by Gasteiger charge is -1.96. The maximum Gasteiger partial charge on any atom is 0.0207 e. The first-order chi connectivity index (χ1) is 4.41. The normalized spacial score (nSPS) is 10.0. The van der Waals surface area contributed by atoms with Gasteiger partial charge in [-0.2, -0.15) is 0 Å². The summed E-state index contributed by atoms with van der Waals surface area (Å²) in [6.45, 7) is 2.94. The van der Waals surface area contributed by atoms with Crippen LogP contribution in [0.4, 0.5) is 0 Å². The van der Waals surface area contributed by atoms with Crippen molar-refractivity contribution in [3.8, 4) is 0 Å². The van der Waals surface area contributed by atoms with Crippen LogP contribution < -0.4 is 5.48 Å². The van der Waals surface area contributed by atoms with Gasteiger partial charge in [-0.25, -0.2) is 5.48 Å². The maximum atomic E-state index is 8.17. The van der Waals surface area contributed by atoms with Gasteiger partial charge in [-0.1, -0.05) is 32.6 Å². The Balaban J connectivity index is 2.60. The lowest BCUT2D eigenvalue weighted by molar-refractivity contribution is 0.164. The van der Waals surface area contributed by atoms with E-state index in [0.29, 0.717) is 0 Å². The van der Waals surface area contributed by atoms with E-state index in [4.69, 9.17) is 5.21 Å². The van der Waals surface area contributed by atoms with Crippen LogP contribution in [0, 0.1) is 0 Å². The van der Waals surface area contributed by atoms with Crippen molar-refractivity contribution in [1.82, 2.24) is 5.48 Å². The Morgan fingerprint density at radius 1 is 1.11 bits per heavy atom. The predicted octanol–water partition coefficient (Wildman–Crippen LogP) is 1.94. The molecular weight excluding hydrogens is 114 g/mol. The second kappa shape index (κ2) is 7.92. The van der Waals surface area contributed by atoms with E-state index in [9.17, 15) is 0 Å². The largest absolute Gasteiger partial charge is 0.317 e. The standard InChI is InChI=1S/C7H17NO/c1-2-3-4-5-6-7-8-9/h8-9H,2-7H2,1H3. The molecule has 2 heteroatoms. The average Bonchev–Trinajstić information content (AvgIpc) is 1.89. The Hall–Kier alpha value is -0.0800. The molecule has 0 bridgehead atoms. The SMILES string of the molecule is CCCCCCCNO. The summed E-state index contributed by atoms with van der Waals surface area (Å²) in [5.74, 6) is 0. The van der Waals surface area contributed by atoms with Gasteiger partial charge in [0, 0.05) is 6.54 Å². The molecule has 56 valence electrons. The summed E-state index contributed by atoms with van der Waals surface area (Å²) in [5, 5.41) is 8.17. The number of hydrogen-bond donors (Lipinski definition) is 2. The van der Waals surface area contributed by atoms with Crippen LogP contribution in [0.15, 0.2) is 0 Å². The molecule has 2 N–H and O–H groups in total. The van der Waals surface area contributed by atoms with E-state index in [2.05, 4.69) is 12.4 Å². The molecule has 0 radical (unpaired) electrons. The molecule has 0 saturated heterocycles. The van der Waals surface area contributed by atoms with Crippen molar-refractivity contribution >= 4 is 0 Å². The Bertz CT molecular complexity index is 42.2. The first kappa shape index (κ1) is 8.92. The van der Waals surface area contributed by atoms with Crippen LogP contribution in [-0.2, 0) is 0 Å². The number of hydrogen-bond acceptors (Lipinski definition) is 2. The Morgan fingerprint density at radius 3 is 2.33 bits per heavy atom. The van der Waals surface area contributed by atoms with E-state index in [1.165, 1.54) is 25.7 Å². The van der Waals surface area contributed by atoms with Crippen molar-refractivity contribution in [2.24, 2.45) is 0 Å². The molecule has 0 aliphatic carbocycles. The molecule has 0 aromatic rings. The molecule has 0 amide bonds. The molecule has 0 atom stereocenters. The monoisotopic (exact) mass is 131 g/mol. The molecule has 0 aromatic carbocycles. The fourth-order valence-corrected chi connectivity index (χ4v) is 0.808. The maximum absolute atomic E-state index is 8.17. The van der Waals surface area contributed by atoms with Gasteiger partial charge in [0.05, 0.1) is 0 Å². The third kappa shape index (κ3) is 7.92. The molecule has 2 nitrogen and oxygen atoms in total. The smallest absolute Gasteiger partial charge is 0.0207 e. The average molecular weight is 131 g/mol. The first-order valence-electron chi connectivity index (χ1n) is 3.78. The van der Waals surface area contributed by atoms with Gasteiger partial charge in [0.1, 0.15) is 0 Å². The molecule has 9 heavy (non-hydrogen) atoms. The second-order valence-electron chi connectivity index (χ2n) is 2.32. The van der Waals surface area contributed by atoms with E-state index in [0.717, 1.165) is 13.0 Å². The lowest BCUT2D eigenvalue weighted by atomic mass is 10.2. The van der Waals surface area contributed by atoms with Gasteiger partial charge < -0.3 is 5.21 Å². The minimum atomic E-state index is 0.740. The van der Waals surface area contributed by atoms with Crippen molar-refractivity contribution in [3.63, 3.8) is 0 Å². The van der Waals surface area contributed by atoms with E-state index in [-0.39, 0.29) is 0 Å². The third-order valence-electron chi connectivity index (χ3n) is 1.39. The lowest BCUT2D eigenvalue weighted by Crippen LogP contribution is -2.07. The van der Waals surface area contributed by atoms with E-state index in [1.54, 1.807) is 0 Å². The van der Waals surface area contributed by atoms with E-state index < -0.39 is 0 Å². The molecule has 0 spiro atoms. The Labute approximate surface area is 57.2 Å². The minimum Gasteiger partial charge on any atom is -0.317 e. The number of unbranched alkanes of at least 4 members (excludes halogenated alkanes) is 4. The predicted molar refractivity (Wildman–Crippen MR) is 38.5 cm³/mol. The second-order valence-corrected chi connectivity index (χ2v) is 2.32. The van der Waals surface area contributed by atoms with Gasteiger partial charge in [-0.3, -0.25) is 0 Å².